The molecule has 0 spiro atoms. The molecule has 3 aromatic rings. The van der Waals surface area contributed by atoms with E-state index in [4.69, 9.17) is 9.47 Å². The molecule has 0 aliphatic carbocycles. The number of carbonyl (C=O) groups is 2. The van der Waals surface area contributed by atoms with E-state index < -0.39 is 43.4 Å². The fraction of sp³-hybridized carbons (Fsp3) is 0.364. The van der Waals surface area contributed by atoms with Crippen LogP contribution in [0.3, 0.4) is 0 Å². The van der Waals surface area contributed by atoms with Gasteiger partial charge in [0, 0.05) is 25.0 Å². The standard InChI is InChI=1S/C22H19F6N5O4/c23-21(24,25)11-32-7-2-3-15(20(32)35)30-18(34)16-10-13-9-14(5-8-33(13)31-16)37-19-17(4-1-6-29-19)36-12-22(26,27)28/h1,4-6,8-10,15H,2-3,7,11-12H2,(H,30,34). The summed E-state index contributed by atoms with van der Waals surface area (Å²) in [6.45, 7) is -2.98. The predicted molar refractivity (Wildman–Crippen MR) is 114 cm³/mol. The number of rotatable bonds is 7. The molecule has 4 heterocycles. The van der Waals surface area contributed by atoms with E-state index in [1.807, 2.05) is 0 Å². The molecule has 198 valence electrons. The number of hydrogen-bond donors (Lipinski definition) is 1. The van der Waals surface area contributed by atoms with Crippen molar-refractivity contribution in [2.75, 3.05) is 19.7 Å². The molecule has 1 atom stereocenters. The Morgan fingerprint density at radius 1 is 1.14 bits per heavy atom. The monoisotopic (exact) mass is 531 g/mol. The van der Waals surface area contributed by atoms with Gasteiger partial charge in [0.1, 0.15) is 18.3 Å². The van der Waals surface area contributed by atoms with Crippen molar-refractivity contribution in [2.24, 2.45) is 0 Å². The molecule has 1 saturated heterocycles. The summed E-state index contributed by atoms with van der Waals surface area (Å²) < 4.78 is 87.2. The molecular formula is C22H19F6N5O4. The maximum Gasteiger partial charge on any atom is 0.422 e. The molecule has 1 fully saturated rings. The molecule has 37 heavy (non-hydrogen) atoms. The minimum Gasteiger partial charge on any atom is -0.478 e. The Morgan fingerprint density at radius 3 is 2.65 bits per heavy atom. The molecule has 1 aliphatic rings. The fourth-order valence-electron chi connectivity index (χ4n) is 3.66. The lowest BCUT2D eigenvalue weighted by molar-refractivity contribution is -0.164. The largest absolute Gasteiger partial charge is 0.478 e. The number of alkyl halides is 6. The number of nitrogens with one attached hydrogen (secondary N) is 1. The molecule has 0 aromatic carbocycles. The van der Waals surface area contributed by atoms with Crippen molar-refractivity contribution in [3.8, 4) is 17.4 Å². The highest BCUT2D eigenvalue weighted by molar-refractivity contribution is 5.97. The van der Waals surface area contributed by atoms with Gasteiger partial charge in [0.15, 0.2) is 18.1 Å². The molecule has 3 aromatic heterocycles. The van der Waals surface area contributed by atoms with Gasteiger partial charge in [-0.1, -0.05) is 0 Å². The maximum atomic E-state index is 12.7. The third kappa shape index (κ3) is 6.80. The Labute approximate surface area is 205 Å². The summed E-state index contributed by atoms with van der Waals surface area (Å²) in [6, 6.07) is 5.72. The number of pyridine rings is 2. The summed E-state index contributed by atoms with van der Waals surface area (Å²) in [4.78, 5) is 29.6. The summed E-state index contributed by atoms with van der Waals surface area (Å²) in [5.41, 5.74) is 0.245. The van der Waals surface area contributed by atoms with Crippen LogP contribution < -0.4 is 14.8 Å². The Kier molecular flexibility index (Phi) is 7.14. The van der Waals surface area contributed by atoms with E-state index in [0.717, 1.165) is 0 Å². The van der Waals surface area contributed by atoms with Crippen molar-refractivity contribution in [2.45, 2.75) is 31.2 Å². The van der Waals surface area contributed by atoms with E-state index in [0.29, 0.717) is 16.8 Å². The molecule has 1 N–H and O–H groups in total. The van der Waals surface area contributed by atoms with Crippen molar-refractivity contribution in [3.05, 3.63) is 48.4 Å². The average molecular weight is 531 g/mol. The predicted octanol–water partition coefficient (Wildman–Crippen LogP) is 3.75. The smallest absolute Gasteiger partial charge is 0.422 e. The van der Waals surface area contributed by atoms with Crippen LogP contribution in [0.1, 0.15) is 23.3 Å². The molecule has 0 saturated carbocycles. The maximum absolute atomic E-state index is 12.7. The molecule has 1 aliphatic heterocycles. The quantitative estimate of drug-likeness (QED) is 0.467. The van der Waals surface area contributed by atoms with Crippen LogP contribution in [0.5, 0.6) is 17.4 Å². The van der Waals surface area contributed by atoms with Gasteiger partial charge >= 0.3 is 12.4 Å². The molecule has 1 unspecified atom stereocenters. The van der Waals surface area contributed by atoms with Crippen LogP contribution in [0.2, 0.25) is 0 Å². The Bertz CT molecular complexity index is 1290. The second-order valence-corrected chi connectivity index (χ2v) is 8.12. The Morgan fingerprint density at radius 2 is 1.92 bits per heavy atom. The zero-order valence-electron chi connectivity index (χ0n) is 18.8. The highest BCUT2D eigenvalue weighted by atomic mass is 19.4. The lowest BCUT2D eigenvalue weighted by Gasteiger charge is -2.32. The first-order valence-corrected chi connectivity index (χ1v) is 10.9. The Balaban J connectivity index is 1.45. The average Bonchev–Trinajstić information content (AvgIpc) is 3.23. The first-order valence-electron chi connectivity index (χ1n) is 10.9. The number of carbonyl (C=O) groups excluding carboxylic acids is 2. The van der Waals surface area contributed by atoms with E-state index in [2.05, 4.69) is 15.4 Å². The molecule has 2 amide bonds. The molecule has 9 nitrogen and oxygen atoms in total. The second-order valence-electron chi connectivity index (χ2n) is 8.12. The van der Waals surface area contributed by atoms with Gasteiger partial charge < -0.3 is 19.7 Å². The fourth-order valence-corrected chi connectivity index (χ4v) is 3.66. The number of likely N-dealkylation sites (tertiary alicyclic amines) is 1. The lowest BCUT2D eigenvalue weighted by atomic mass is 10.0. The topological polar surface area (TPSA) is 98.1 Å². The number of nitrogens with zero attached hydrogens (tertiary/aromatic N) is 4. The van der Waals surface area contributed by atoms with Crippen LogP contribution in [0.4, 0.5) is 26.3 Å². The number of hydrogen-bond acceptors (Lipinski definition) is 6. The summed E-state index contributed by atoms with van der Waals surface area (Å²) in [6.07, 6.45) is -5.91. The zero-order chi connectivity index (χ0) is 26.8. The van der Waals surface area contributed by atoms with Crippen LogP contribution >= 0.6 is 0 Å². The molecule has 0 radical (unpaired) electrons. The van der Waals surface area contributed by atoms with E-state index >= 15 is 0 Å². The summed E-state index contributed by atoms with van der Waals surface area (Å²) in [5, 5.41) is 6.51. The summed E-state index contributed by atoms with van der Waals surface area (Å²) in [7, 11) is 0. The van der Waals surface area contributed by atoms with Crippen molar-refractivity contribution in [3.63, 3.8) is 0 Å². The van der Waals surface area contributed by atoms with Crippen molar-refractivity contribution in [1.29, 1.82) is 0 Å². The van der Waals surface area contributed by atoms with E-state index in [1.165, 1.54) is 47.2 Å². The van der Waals surface area contributed by atoms with Gasteiger partial charge in [0.05, 0.1) is 5.52 Å². The molecule has 15 heteroatoms. The normalized spacial score (nSPS) is 16.6. The third-order valence-corrected chi connectivity index (χ3v) is 5.22. The van der Waals surface area contributed by atoms with E-state index in [-0.39, 0.29) is 36.0 Å². The summed E-state index contributed by atoms with van der Waals surface area (Å²) >= 11 is 0. The van der Waals surface area contributed by atoms with Gasteiger partial charge in [-0.05, 0) is 37.1 Å². The first kappa shape index (κ1) is 26.0. The van der Waals surface area contributed by atoms with E-state index in [9.17, 15) is 35.9 Å². The molecule has 4 rings (SSSR count). The van der Waals surface area contributed by atoms with Gasteiger partial charge in [-0.15, -0.1) is 0 Å². The zero-order valence-corrected chi connectivity index (χ0v) is 18.8. The molecular weight excluding hydrogens is 512 g/mol. The van der Waals surface area contributed by atoms with Crippen LogP contribution in [0.15, 0.2) is 42.7 Å². The number of aromatic nitrogens is 3. The van der Waals surface area contributed by atoms with Crippen LogP contribution in [-0.2, 0) is 4.79 Å². The summed E-state index contributed by atoms with van der Waals surface area (Å²) in [5.74, 6) is -1.88. The minimum atomic E-state index is -4.56. The van der Waals surface area contributed by atoms with Gasteiger partial charge in [-0.25, -0.2) is 9.50 Å². The Hall–Kier alpha value is -4.04. The van der Waals surface area contributed by atoms with Crippen LogP contribution in [-0.4, -0.2) is 69.4 Å². The van der Waals surface area contributed by atoms with Crippen molar-refractivity contribution < 1.29 is 45.4 Å². The van der Waals surface area contributed by atoms with Gasteiger partial charge in [0.2, 0.25) is 5.91 Å². The second kappa shape index (κ2) is 10.1. The van der Waals surface area contributed by atoms with Crippen LogP contribution in [0.25, 0.3) is 5.52 Å². The SMILES string of the molecule is O=C(NC1CCCN(CC(F)(F)F)C1=O)c1cc2cc(Oc3ncccc3OCC(F)(F)F)ccn2n1. The highest BCUT2D eigenvalue weighted by Gasteiger charge is 2.38. The first-order chi connectivity index (χ1) is 17.4. The van der Waals surface area contributed by atoms with Gasteiger partial charge in [-0.3, -0.25) is 9.59 Å². The number of ether oxygens (including phenoxy) is 2. The van der Waals surface area contributed by atoms with Gasteiger partial charge in [0.25, 0.3) is 11.8 Å². The van der Waals surface area contributed by atoms with E-state index in [1.54, 1.807) is 0 Å². The lowest BCUT2D eigenvalue weighted by Crippen LogP contribution is -2.54. The highest BCUT2D eigenvalue weighted by Crippen LogP contribution is 2.31. The van der Waals surface area contributed by atoms with Gasteiger partial charge in [-0.2, -0.15) is 31.4 Å². The molecule has 0 bridgehead atoms. The number of piperidine rings is 1. The number of amides is 2. The number of fused-ring (bicyclic) bond motifs is 1. The van der Waals surface area contributed by atoms with Crippen molar-refractivity contribution in [1.82, 2.24) is 24.8 Å². The van der Waals surface area contributed by atoms with Crippen LogP contribution in [0, 0.1) is 0 Å². The third-order valence-electron chi connectivity index (χ3n) is 5.22. The number of halogens is 6. The van der Waals surface area contributed by atoms with Crippen molar-refractivity contribution >= 4 is 17.3 Å². The minimum absolute atomic E-state index is 0.0545.